The van der Waals surface area contributed by atoms with Gasteiger partial charge in [-0.25, -0.2) is 0 Å². The molecule has 0 spiro atoms. The first kappa shape index (κ1) is 20.4. The SMILES string of the molecule is CC.CC.CN(C)C(C)(C)CC(C)(C)C. The molecule has 1 nitrogen and oxygen atoms in total. The van der Waals surface area contributed by atoms with E-state index < -0.39 is 0 Å². The molecular weight excluding hydrogens is 182 g/mol. The molecule has 15 heavy (non-hydrogen) atoms. The smallest absolute Gasteiger partial charge is 0.0152 e. The van der Waals surface area contributed by atoms with Crippen LogP contribution in [0.4, 0.5) is 0 Å². The molecule has 0 aliphatic heterocycles. The molecule has 0 N–H and O–H groups in total. The molecule has 0 amide bonds. The van der Waals surface area contributed by atoms with E-state index >= 15 is 0 Å². The number of nitrogens with zero attached hydrogens (tertiary/aromatic N) is 1. The van der Waals surface area contributed by atoms with E-state index in [4.69, 9.17) is 0 Å². The summed E-state index contributed by atoms with van der Waals surface area (Å²) in [7, 11) is 4.29. The Morgan fingerprint density at radius 2 is 1.00 bits per heavy atom. The van der Waals surface area contributed by atoms with Crippen LogP contribution in [-0.2, 0) is 0 Å². The third-order valence-corrected chi connectivity index (χ3v) is 2.17. The summed E-state index contributed by atoms with van der Waals surface area (Å²) in [5.41, 5.74) is 0.742. The monoisotopic (exact) mass is 217 g/mol. The van der Waals surface area contributed by atoms with Crippen molar-refractivity contribution < 1.29 is 0 Å². The van der Waals surface area contributed by atoms with Crippen LogP contribution < -0.4 is 0 Å². The van der Waals surface area contributed by atoms with Crippen molar-refractivity contribution in [3.8, 4) is 0 Å². The third kappa shape index (κ3) is 14.0. The maximum Gasteiger partial charge on any atom is 0.0152 e. The van der Waals surface area contributed by atoms with Crippen LogP contribution in [-0.4, -0.2) is 24.5 Å². The minimum Gasteiger partial charge on any atom is -0.304 e. The fourth-order valence-electron chi connectivity index (χ4n) is 1.46. The summed E-state index contributed by atoms with van der Waals surface area (Å²) in [6, 6.07) is 0. The summed E-state index contributed by atoms with van der Waals surface area (Å²) in [4.78, 5) is 2.29. The summed E-state index contributed by atoms with van der Waals surface area (Å²) in [6.07, 6.45) is 1.23. The summed E-state index contributed by atoms with van der Waals surface area (Å²) >= 11 is 0. The van der Waals surface area contributed by atoms with Crippen LogP contribution >= 0.6 is 0 Å². The highest BCUT2D eigenvalue weighted by molar-refractivity contribution is 4.82. The Labute approximate surface area is 99.3 Å². The van der Waals surface area contributed by atoms with Gasteiger partial charge in [-0.15, -0.1) is 0 Å². The molecule has 0 aliphatic carbocycles. The van der Waals surface area contributed by atoms with Gasteiger partial charge in [0.25, 0.3) is 0 Å². The van der Waals surface area contributed by atoms with Gasteiger partial charge >= 0.3 is 0 Å². The molecule has 0 aromatic carbocycles. The van der Waals surface area contributed by atoms with E-state index in [1.807, 2.05) is 27.7 Å². The first-order valence-corrected chi connectivity index (χ1v) is 6.33. The summed E-state index contributed by atoms with van der Waals surface area (Å²) in [6.45, 7) is 19.4. The van der Waals surface area contributed by atoms with Gasteiger partial charge in [0.1, 0.15) is 0 Å². The standard InChI is InChI=1S/C10H23N.2C2H6/c1-9(2,3)8-10(4,5)11(6)7;2*1-2/h8H2,1-7H3;2*1-2H3. The number of rotatable bonds is 2. The van der Waals surface area contributed by atoms with Crippen LogP contribution in [0.15, 0.2) is 0 Å². The van der Waals surface area contributed by atoms with Crippen LogP contribution in [0.1, 0.15) is 68.7 Å². The maximum absolute atomic E-state index is 2.29. The van der Waals surface area contributed by atoms with Gasteiger partial charge in [-0.2, -0.15) is 0 Å². The topological polar surface area (TPSA) is 3.24 Å². The second-order valence-corrected chi connectivity index (χ2v) is 5.44. The Hall–Kier alpha value is -0.0400. The molecule has 0 aliphatic rings. The van der Waals surface area contributed by atoms with Crippen LogP contribution in [0.2, 0.25) is 0 Å². The molecule has 0 aromatic heterocycles. The van der Waals surface area contributed by atoms with Crippen LogP contribution in [0.5, 0.6) is 0 Å². The summed E-state index contributed by atoms with van der Waals surface area (Å²) in [5.74, 6) is 0. The van der Waals surface area contributed by atoms with E-state index in [-0.39, 0.29) is 0 Å². The van der Waals surface area contributed by atoms with Gasteiger partial charge in [0, 0.05) is 5.54 Å². The zero-order valence-corrected chi connectivity index (χ0v) is 13.2. The van der Waals surface area contributed by atoms with E-state index in [9.17, 15) is 0 Å². The molecule has 0 radical (unpaired) electrons. The molecule has 0 saturated heterocycles. The van der Waals surface area contributed by atoms with E-state index in [1.165, 1.54) is 6.42 Å². The Morgan fingerprint density at radius 1 is 0.733 bits per heavy atom. The molecule has 0 saturated carbocycles. The van der Waals surface area contributed by atoms with Crippen molar-refractivity contribution in [2.24, 2.45) is 5.41 Å². The zero-order valence-electron chi connectivity index (χ0n) is 13.2. The van der Waals surface area contributed by atoms with Crippen molar-refractivity contribution in [3.05, 3.63) is 0 Å². The van der Waals surface area contributed by atoms with Gasteiger partial charge in [0.15, 0.2) is 0 Å². The number of hydrogen-bond donors (Lipinski definition) is 0. The quantitative estimate of drug-likeness (QED) is 0.641. The molecule has 0 aromatic rings. The first-order chi connectivity index (χ1) is 6.65. The Morgan fingerprint density at radius 3 is 1.07 bits per heavy atom. The van der Waals surface area contributed by atoms with Crippen LogP contribution in [0.3, 0.4) is 0 Å². The van der Waals surface area contributed by atoms with Crippen LogP contribution in [0.25, 0.3) is 0 Å². The van der Waals surface area contributed by atoms with Gasteiger partial charge in [0.2, 0.25) is 0 Å². The Balaban J connectivity index is -0.000000318. The average molecular weight is 217 g/mol. The molecule has 0 heterocycles. The summed E-state index contributed by atoms with van der Waals surface area (Å²) < 4.78 is 0. The fourth-order valence-corrected chi connectivity index (χ4v) is 1.46. The van der Waals surface area contributed by atoms with Crippen molar-refractivity contribution in [3.63, 3.8) is 0 Å². The second kappa shape index (κ2) is 9.21. The van der Waals surface area contributed by atoms with Gasteiger partial charge < -0.3 is 4.90 Å². The lowest BCUT2D eigenvalue weighted by molar-refractivity contribution is 0.130. The zero-order chi connectivity index (χ0) is 13.3. The lowest BCUT2D eigenvalue weighted by Crippen LogP contribution is -2.41. The second-order valence-electron chi connectivity index (χ2n) is 5.44. The van der Waals surface area contributed by atoms with Crippen molar-refractivity contribution in [1.82, 2.24) is 4.90 Å². The molecular formula is C14H35N. The van der Waals surface area contributed by atoms with E-state index in [1.54, 1.807) is 0 Å². The lowest BCUT2D eigenvalue weighted by atomic mass is 9.81. The molecule has 0 atom stereocenters. The highest BCUT2D eigenvalue weighted by Crippen LogP contribution is 2.29. The van der Waals surface area contributed by atoms with Gasteiger partial charge in [-0.1, -0.05) is 48.5 Å². The molecule has 0 rings (SSSR count). The van der Waals surface area contributed by atoms with Gasteiger partial charge in [-0.3, -0.25) is 0 Å². The normalized spacial score (nSPS) is 11.2. The predicted octanol–water partition coefficient (Wildman–Crippen LogP) is 4.82. The highest BCUT2D eigenvalue weighted by atomic mass is 15.1. The maximum atomic E-state index is 2.29. The lowest BCUT2D eigenvalue weighted by Gasteiger charge is -2.38. The minimum absolute atomic E-state index is 0.318. The van der Waals surface area contributed by atoms with Gasteiger partial charge in [-0.05, 0) is 39.8 Å². The fraction of sp³-hybridized carbons (Fsp3) is 1.00. The highest BCUT2D eigenvalue weighted by Gasteiger charge is 2.26. The third-order valence-electron chi connectivity index (χ3n) is 2.17. The molecule has 96 valence electrons. The van der Waals surface area contributed by atoms with E-state index in [0.717, 1.165) is 0 Å². The molecule has 0 unspecified atom stereocenters. The van der Waals surface area contributed by atoms with Crippen molar-refractivity contribution in [1.29, 1.82) is 0 Å². The summed E-state index contributed by atoms with van der Waals surface area (Å²) in [5, 5.41) is 0. The predicted molar refractivity (Wildman–Crippen MR) is 74.5 cm³/mol. The number of hydrogen-bond acceptors (Lipinski definition) is 1. The van der Waals surface area contributed by atoms with Gasteiger partial charge in [0.05, 0.1) is 0 Å². The Bertz CT molecular complexity index is 118. The first-order valence-electron chi connectivity index (χ1n) is 6.33. The van der Waals surface area contributed by atoms with Crippen molar-refractivity contribution in [2.45, 2.75) is 74.3 Å². The van der Waals surface area contributed by atoms with Crippen molar-refractivity contribution in [2.75, 3.05) is 14.1 Å². The molecule has 0 fully saturated rings. The molecule has 0 bridgehead atoms. The average Bonchev–Trinajstić information content (AvgIpc) is 2.07. The van der Waals surface area contributed by atoms with Crippen molar-refractivity contribution >= 4 is 0 Å². The van der Waals surface area contributed by atoms with Crippen LogP contribution in [0, 0.1) is 5.41 Å². The largest absolute Gasteiger partial charge is 0.304 e. The van der Waals surface area contributed by atoms with E-state index in [0.29, 0.717) is 11.0 Å². The Kier molecular flexibility index (Phi) is 12.5. The molecule has 1 heteroatoms. The minimum atomic E-state index is 0.318. The van der Waals surface area contributed by atoms with E-state index in [2.05, 4.69) is 53.6 Å².